The summed E-state index contributed by atoms with van der Waals surface area (Å²) in [6.45, 7) is 0.946. The number of anilines is 1. The van der Waals surface area contributed by atoms with Crippen molar-refractivity contribution in [3.8, 4) is 11.8 Å². The number of ether oxygens (including phenoxy) is 1. The van der Waals surface area contributed by atoms with Gasteiger partial charge in [-0.1, -0.05) is 24.3 Å². The van der Waals surface area contributed by atoms with Crippen LogP contribution in [0.4, 0.5) is 10.1 Å². The molecular formula is C20H16FN3O. The van der Waals surface area contributed by atoms with Crippen molar-refractivity contribution in [2.45, 2.75) is 13.2 Å². The van der Waals surface area contributed by atoms with E-state index in [1.54, 1.807) is 24.5 Å². The molecule has 0 aliphatic carbocycles. The number of aromatic nitrogens is 1. The largest absolute Gasteiger partial charge is 0.489 e. The van der Waals surface area contributed by atoms with Crippen molar-refractivity contribution in [2.75, 3.05) is 5.32 Å². The fraction of sp³-hybridized carbons (Fsp3) is 0.100. The molecule has 0 atom stereocenters. The number of hydrogen-bond donors (Lipinski definition) is 1. The predicted octanol–water partition coefficient (Wildman–Crippen LogP) is 4.28. The Bertz CT molecular complexity index is 874. The quantitative estimate of drug-likeness (QED) is 0.731. The molecule has 5 heteroatoms. The van der Waals surface area contributed by atoms with Gasteiger partial charge in [-0.15, -0.1) is 0 Å². The molecule has 0 aliphatic heterocycles. The van der Waals surface area contributed by atoms with E-state index in [-0.39, 0.29) is 5.56 Å². The Morgan fingerprint density at radius 2 is 1.88 bits per heavy atom. The van der Waals surface area contributed by atoms with Crippen LogP contribution in [0.2, 0.25) is 0 Å². The molecule has 0 unspecified atom stereocenters. The predicted molar refractivity (Wildman–Crippen MR) is 93.5 cm³/mol. The summed E-state index contributed by atoms with van der Waals surface area (Å²) in [5, 5.41) is 12.1. The molecule has 25 heavy (non-hydrogen) atoms. The fourth-order valence-corrected chi connectivity index (χ4v) is 2.34. The van der Waals surface area contributed by atoms with E-state index >= 15 is 0 Å². The first-order valence-corrected chi connectivity index (χ1v) is 7.79. The highest BCUT2D eigenvalue weighted by molar-refractivity contribution is 5.58. The van der Waals surface area contributed by atoms with Crippen LogP contribution in [0.25, 0.3) is 0 Å². The SMILES string of the molecule is N#Cc1c(F)cccc1NCc1ccc(OCc2cccnc2)cc1. The monoisotopic (exact) mass is 333 g/mol. The van der Waals surface area contributed by atoms with Crippen molar-refractivity contribution in [3.05, 3.63) is 89.5 Å². The second-order valence-electron chi connectivity index (χ2n) is 5.42. The molecule has 0 aliphatic rings. The summed E-state index contributed by atoms with van der Waals surface area (Å²) in [6.07, 6.45) is 3.49. The van der Waals surface area contributed by atoms with E-state index in [9.17, 15) is 4.39 Å². The lowest BCUT2D eigenvalue weighted by Gasteiger charge is -2.10. The zero-order valence-electron chi connectivity index (χ0n) is 13.4. The van der Waals surface area contributed by atoms with Crippen molar-refractivity contribution in [1.82, 2.24) is 4.98 Å². The number of pyridine rings is 1. The van der Waals surface area contributed by atoms with E-state index < -0.39 is 5.82 Å². The van der Waals surface area contributed by atoms with Gasteiger partial charge in [-0.05, 0) is 35.9 Å². The molecule has 1 aromatic heterocycles. The van der Waals surface area contributed by atoms with Gasteiger partial charge in [0.05, 0.1) is 5.69 Å². The van der Waals surface area contributed by atoms with Crippen LogP contribution >= 0.6 is 0 Å². The molecule has 3 aromatic rings. The summed E-state index contributed by atoms with van der Waals surface area (Å²) >= 11 is 0. The van der Waals surface area contributed by atoms with Gasteiger partial charge in [0, 0.05) is 24.5 Å². The third kappa shape index (κ3) is 4.33. The molecule has 3 rings (SSSR count). The van der Waals surface area contributed by atoms with E-state index in [4.69, 9.17) is 10.00 Å². The molecule has 4 nitrogen and oxygen atoms in total. The maximum atomic E-state index is 13.6. The number of nitrogens with zero attached hydrogens (tertiary/aromatic N) is 2. The van der Waals surface area contributed by atoms with Crippen LogP contribution in [-0.4, -0.2) is 4.98 Å². The van der Waals surface area contributed by atoms with Gasteiger partial charge in [-0.25, -0.2) is 4.39 Å². The summed E-state index contributed by atoms with van der Waals surface area (Å²) in [6, 6.07) is 17.9. The molecule has 0 bridgehead atoms. The first-order valence-electron chi connectivity index (χ1n) is 7.79. The van der Waals surface area contributed by atoms with Crippen molar-refractivity contribution in [3.63, 3.8) is 0 Å². The number of benzene rings is 2. The van der Waals surface area contributed by atoms with Crippen LogP contribution in [0, 0.1) is 17.1 Å². The average molecular weight is 333 g/mol. The third-order valence-corrected chi connectivity index (χ3v) is 3.66. The van der Waals surface area contributed by atoms with E-state index in [0.717, 1.165) is 16.9 Å². The number of rotatable bonds is 6. The maximum Gasteiger partial charge on any atom is 0.143 e. The summed E-state index contributed by atoms with van der Waals surface area (Å²) < 4.78 is 19.3. The van der Waals surface area contributed by atoms with Gasteiger partial charge in [-0.3, -0.25) is 4.98 Å². The molecule has 0 saturated heterocycles. The van der Waals surface area contributed by atoms with E-state index in [1.165, 1.54) is 6.07 Å². The smallest absolute Gasteiger partial charge is 0.143 e. The van der Waals surface area contributed by atoms with Crippen LogP contribution in [0.3, 0.4) is 0 Å². The standard InChI is InChI=1S/C20H16FN3O/c21-19-4-1-5-20(18(19)11-22)24-13-15-6-8-17(9-7-15)25-14-16-3-2-10-23-12-16/h1-10,12,24H,13-14H2. The number of halogens is 1. The number of hydrogen-bond acceptors (Lipinski definition) is 4. The van der Waals surface area contributed by atoms with Gasteiger partial charge in [0.1, 0.15) is 29.8 Å². The van der Waals surface area contributed by atoms with Crippen molar-refractivity contribution in [2.24, 2.45) is 0 Å². The molecule has 124 valence electrons. The lowest BCUT2D eigenvalue weighted by molar-refractivity contribution is 0.305. The normalized spacial score (nSPS) is 10.1. The van der Waals surface area contributed by atoms with Crippen molar-refractivity contribution in [1.29, 1.82) is 5.26 Å². The van der Waals surface area contributed by atoms with E-state index in [2.05, 4.69) is 10.3 Å². The maximum absolute atomic E-state index is 13.6. The van der Waals surface area contributed by atoms with Gasteiger partial charge in [-0.2, -0.15) is 5.26 Å². The Morgan fingerprint density at radius 3 is 2.60 bits per heavy atom. The lowest BCUT2D eigenvalue weighted by Crippen LogP contribution is -2.02. The highest BCUT2D eigenvalue weighted by atomic mass is 19.1. The number of nitrogens with one attached hydrogen (secondary N) is 1. The Labute approximate surface area is 145 Å². The number of nitriles is 1. The van der Waals surface area contributed by atoms with Gasteiger partial charge in [0.2, 0.25) is 0 Å². The van der Waals surface area contributed by atoms with Crippen LogP contribution in [0.1, 0.15) is 16.7 Å². The Balaban J connectivity index is 1.58. The van der Waals surface area contributed by atoms with Crippen LogP contribution in [0.15, 0.2) is 67.0 Å². The first-order chi connectivity index (χ1) is 12.3. The summed E-state index contributed by atoms with van der Waals surface area (Å²) in [5.74, 6) is 0.239. The van der Waals surface area contributed by atoms with Crippen molar-refractivity contribution >= 4 is 5.69 Å². The van der Waals surface area contributed by atoms with Gasteiger partial charge in [0.25, 0.3) is 0 Å². The molecule has 0 radical (unpaired) electrons. The second kappa shape index (κ2) is 7.93. The van der Waals surface area contributed by atoms with Gasteiger partial charge < -0.3 is 10.1 Å². The molecule has 1 N–H and O–H groups in total. The van der Waals surface area contributed by atoms with Gasteiger partial charge >= 0.3 is 0 Å². The molecule has 0 spiro atoms. The minimum atomic E-state index is -0.522. The van der Waals surface area contributed by atoms with E-state index in [0.29, 0.717) is 18.8 Å². The molecule has 1 heterocycles. The zero-order chi connectivity index (χ0) is 17.5. The molecule has 2 aromatic carbocycles. The summed E-state index contributed by atoms with van der Waals surface area (Å²) in [7, 11) is 0. The fourth-order valence-electron chi connectivity index (χ4n) is 2.34. The highest BCUT2D eigenvalue weighted by Crippen LogP contribution is 2.19. The zero-order valence-corrected chi connectivity index (χ0v) is 13.4. The van der Waals surface area contributed by atoms with Crippen LogP contribution < -0.4 is 10.1 Å². The Morgan fingerprint density at radius 1 is 1.04 bits per heavy atom. The van der Waals surface area contributed by atoms with Crippen LogP contribution in [0.5, 0.6) is 5.75 Å². The Hall–Kier alpha value is -3.39. The lowest BCUT2D eigenvalue weighted by atomic mass is 10.1. The second-order valence-corrected chi connectivity index (χ2v) is 5.42. The minimum Gasteiger partial charge on any atom is -0.489 e. The molecule has 0 amide bonds. The first kappa shape index (κ1) is 16.5. The topological polar surface area (TPSA) is 57.9 Å². The summed E-state index contributed by atoms with van der Waals surface area (Å²) in [5.41, 5.74) is 2.52. The molecule has 0 saturated carbocycles. The highest BCUT2D eigenvalue weighted by Gasteiger charge is 2.07. The minimum absolute atomic E-state index is 0.0268. The average Bonchev–Trinajstić information content (AvgIpc) is 2.66. The van der Waals surface area contributed by atoms with E-state index in [1.807, 2.05) is 42.5 Å². The molecule has 0 fully saturated rings. The van der Waals surface area contributed by atoms with Crippen molar-refractivity contribution < 1.29 is 9.13 Å². The third-order valence-electron chi connectivity index (χ3n) is 3.66. The van der Waals surface area contributed by atoms with Gasteiger partial charge in [0.15, 0.2) is 0 Å². The Kier molecular flexibility index (Phi) is 5.22. The van der Waals surface area contributed by atoms with Crippen LogP contribution in [-0.2, 0) is 13.2 Å². The molecular weight excluding hydrogens is 317 g/mol. The summed E-state index contributed by atoms with van der Waals surface area (Å²) in [4.78, 5) is 4.05.